The Bertz CT molecular complexity index is 992. The number of phenolic OH excluding ortho intramolecular Hbond substituents is 1. The van der Waals surface area contributed by atoms with E-state index in [1.807, 2.05) is 31.2 Å². The molecule has 1 amide bonds. The summed E-state index contributed by atoms with van der Waals surface area (Å²) in [5.74, 6) is 0.328. The van der Waals surface area contributed by atoms with Crippen molar-refractivity contribution in [3.05, 3.63) is 64.8 Å². The van der Waals surface area contributed by atoms with Crippen molar-refractivity contribution in [1.29, 1.82) is 0 Å². The zero-order chi connectivity index (χ0) is 18.4. The number of aromatic hydroxyl groups is 1. The number of hydrogen-bond donors (Lipinski definition) is 2. The summed E-state index contributed by atoms with van der Waals surface area (Å²) in [5.41, 5.74) is 5.06. The van der Waals surface area contributed by atoms with Crippen molar-refractivity contribution in [1.82, 2.24) is 15.1 Å². The first-order valence-corrected chi connectivity index (χ1v) is 8.30. The first-order valence-electron chi connectivity index (χ1n) is 8.30. The maximum Gasteiger partial charge on any atom is 0.272 e. The number of hydrogen-bond acceptors (Lipinski definition) is 4. The van der Waals surface area contributed by atoms with E-state index in [0.717, 1.165) is 27.9 Å². The summed E-state index contributed by atoms with van der Waals surface area (Å²) in [5, 5.41) is 17.2. The fraction of sp³-hybridized carbons (Fsp3) is 0.200. The van der Waals surface area contributed by atoms with Crippen LogP contribution in [0.4, 0.5) is 0 Å². The summed E-state index contributed by atoms with van der Waals surface area (Å²) in [4.78, 5) is 14.3. The van der Waals surface area contributed by atoms with Gasteiger partial charge in [0.05, 0.1) is 18.8 Å². The Morgan fingerprint density at radius 2 is 1.92 bits per heavy atom. The van der Waals surface area contributed by atoms with Gasteiger partial charge in [-0.2, -0.15) is 5.10 Å². The van der Waals surface area contributed by atoms with Gasteiger partial charge in [-0.15, -0.1) is 0 Å². The van der Waals surface area contributed by atoms with E-state index in [-0.39, 0.29) is 17.7 Å². The second kappa shape index (κ2) is 5.91. The van der Waals surface area contributed by atoms with Crippen LogP contribution in [0.1, 0.15) is 33.2 Å². The van der Waals surface area contributed by atoms with E-state index in [4.69, 9.17) is 4.74 Å². The average Bonchev–Trinajstić information content (AvgIpc) is 3.17. The number of fused-ring (bicyclic) bond motifs is 1. The van der Waals surface area contributed by atoms with Crippen molar-refractivity contribution in [3.8, 4) is 22.8 Å². The van der Waals surface area contributed by atoms with Gasteiger partial charge in [0.15, 0.2) is 11.5 Å². The molecule has 0 unspecified atom stereocenters. The molecule has 3 aromatic rings. The summed E-state index contributed by atoms with van der Waals surface area (Å²) >= 11 is 0. The number of phenols is 1. The molecule has 0 saturated carbocycles. The Morgan fingerprint density at radius 3 is 2.62 bits per heavy atom. The average molecular weight is 349 g/mol. The predicted octanol–water partition coefficient (Wildman–Crippen LogP) is 3.27. The van der Waals surface area contributed by atoms with Crippen LogP contribution in [0.5, 0.6) is 11.5 Å². The van der Waals surface area contributed by atoms with E-state index < -0.39 is 0 Å². The number of aromatic nitrogens is 2. The van der Waals surface area contributed by atoms with E-state index in [0.29, 0.717) is 11.4 Å². The van der Waals surface area contributed by atoms with Crippen LogP contribution in [-0.2, 0) is 0 Å². The summed E-state index contributed by atoms with van der Waals surface area (Å²) in [6.45, 7) is 2.03. The second-order valence-electron chi connectivity index (χ2n) is 6.48. The molecule has 0 spiro atoms. The number of aromatic amines is 1. The van der Waals surface area contributed by atoms with E-state index >= 15 is 0 Å². The van der Waals surface area contributed by atoms with Crippen LogP contribution < -0.4 is 4.74 Å². The molecule has 2 aromatic carbocycles. The van der Waals surface area contributed by atoms with Crippen molar-refractivity contribution in [2.75, 3.05) is 14.2 Å². The number of amides is 1. The largest absolute Gasteiger partial charge is 0.504 e. The quantitative estimate of drug-likeness (QED) is 0.761. The second-order valence-corrected chi connectivity index (χ2v) is 6.48. The Hall–Kier alpha value is -3.28. The van der Waals surface area contributed by atoms with Crippen molar-refractivity contribution in [2.45, 2.75) is 13.0 Å². The summed E-state index contributed by atoms with van der Waals surface area (Å²) < 4.78 is 5.23. The van der Waals surface area contributed by atoms with Gasteiger partial charge in [-0.05, 0) is 24.6 Å². The van der Waals surface area contributed by atoms with Gasteiger partial charge in [0, 0.05) is 18.2 Å². The molecular weight excluding hydrogens is 330 g/mol. The Labute approximate surface area is 151 Å². The van der Waals surface area contributed by atoms with E-state index in [9.17, 15) is 9.90 Å². The highest BCUT2D eigenvalue weighted by Gasteiger charge is 2.40. The molecular formula is C20H19N3O3. The fourth-order valence-electron chi connectivity index (χ4n) is 3.45. The van der Waals surface area contributed by atoms with Gasteiger partial charge in [-0.1, -0.05) is 35.9 Å². The molecule has 1 aromatic heterocycles. The Kier molecular flexibility index (Phi) is 3.68. The number of nitrogens with zero attached hydrogens (tertiary/aromatic N) is 2. The molecule has 2 heterocycles. The molecule has 6 nitrogen and oxygen atoms in total. The third kappa shape index (κ3) is 2.34. The minimum atomic E-state index is -0.304. The molecule has 1 aliphatic heterocycles. The lowest BCUT2D eigenvalue weighted by Crippen LogP contribution is -2.24. The molecule has 1 atom stereocenters. The van der Waals surface area contributed by atoms with Crippen LogP contribution in [0.15, 0.2) is 42.5 Å². The topological polar surface area (TPSA) is 78.5 Å². The van der Waals surface area contributed by atoms with Crippen molar-refractivity contribution in [3.63, 3.8) is 0 Å². The number of benzene rings is 2. The van der Waals surface area contributed by atoms with Crippen LogP contribution in [0, 0.1) is 6.92 Å². The molecule has 0 aliphatic carbocycles. The Balaban J connectivity index is 1.88. The lowest BCUT2D eigenvalue weighted by molar-refractivity contribution is 0.0787. The van der Waals surface area contributed by atoms with Crippen molar-refractivity contribution in [2.24, 2.45) is 0 Å². The lowest BCUT2D eigenvalue weighted by Gasteiger charge is -2.22. The smallest absolute Gasteiger partial charge is 0.272 e. The number of carbonyl (C=O) groups excluding carboxylic acids is 1. The molecule has 6 heteroatoms. The van der Waals surface area contributed by atoms with E-state index in [1.54, 1.807) is 30.1 Å². The first-order chi connectivity index (χ1) is 12.5. The van der Waals surface area contributed by atoms with Crippen LogP contribution in [-0.4, -0.2) is 40.3 Å². The van der Waals surface area contributed by atoms with Gasteiger partial charge in [0.2, 0.25) is 0 Å². The zero-order valence-electron chi connectivity index (χ0n) is 14.8. The maximum atomic E-state index is 12.7. The number of ether oxygens (including phenoxy) is 1. The highest BCUT2D eigenvalue weighted by Crippen LogP contribution is 2.43. The number of H-pyrrole nitrogens is 1. The summed E-state index contributed by atoms with van der Waals surface area (Å²) in [6.07, 6.45) is 0. The molecule has 0 bridgehead atoms. The molecule has 132 valence electrons. The predicted molar refractivity (Wildman–Crippen MR) is 97.4 cm³/mol. The standard InChI is InChI=1S/C20H19N3O3/c1-11-4-6-12(7-5-11)17-16-18(22-21-17)20(25)23(2)19(16)13-8-9-14(24)15(10-13)26-3/h4-10,19,24H,1-3H3,(H,21,22)/t19-/m0/s1. The van der Waals surface area contributed by atoms with Crippen LogP contribution >= 0.6 is 0 Å². The summed E-state index contributed by atoms with van der Waals surface area (Å²) in [6, 6.07) is 12.9. The first kappa shape index (κ1) is 16.2. The van der Waals surface area contributed by atoms with Gasteiger partial charge in [0.1, 0.15) is 5.69 Å². The Morgan fingerprint density at radius 1 is 1.19 bits per heavy atom. The number of rotatable bonds is 3. The van der Waals surface area contributed by atoms with E-state index in [2.05, 4.69) is 10.2 Å². The molecule has 26 heavy (non-hydrogen) atoms. The van der Waals surface area contributed by atoms with Crippen LogP contribution in [0.25, 0.3) is 11.3 Å². The number of methoxy groups -OCH3 is 1. The normalized spacial score (nSPS) is 16.0. The third-order valence-corrected chi connectivity index (χ3v) is 4.84. The molecule has 2 N–H and O–H groups in total. The van der Waals surface area contributed by atoms with Crippen LogP contribution in [0.2, 0.25) is 0 Å². The van der Waals surface area contributed by atoms with Gasteiger partial charge in [-0.25, -0.2) is 0 Å². The highest BCUT2D eigenvalue weighted by molar-refractivity contribution is 6.00. The SMILES string of the molecule is COc1cc([C@H]2c3c(-c4ccc(C)cc4)n[nH]c3C(=O)N2C)ccc1O. The summed E-state index contributed by atoms with van der Waals surface area (Å²) in [7, 11) is 3.27. The van der Waals surface area contributed by atoms with E-state index in [1.165, 1.54) is 7.11 Å². The minimum absolute atomic E-state index is 0.0643. The van der Waals surface area contributed by atoms with Crippen molar-refractivity contribution >= 4 is 5.91 Å². The van der Waals surface area contributed by atoms with Gasteiger partial charge in [-0.3, -0.25) is 9.89 Å². The van der Waals surface area contributed by atoms with Gasteiger partial charge < -0.3 is 14.7 Å². The molecule has 0 saturated heterocycles. The monoisotopic (exact) mass is 349 g/mol. The molecule has 0 fully saturated rings. The molecule has 0 radical (unpaired) electrons. The fourth-order valence-corrected chi connectivity index (χ4v) is 3.45. The van der Waals surface area contributed by atoms with Crippen molar-refractivity contribution < 1.29 is 14.6 Å². The molecule has 4 rings (SSSR count). The molecule has 1 aliphatic rings. The van der Waals surface area contributed by atoms with Crippen LogP contribution in [0.3, 0.4) is 0 Å². The van der Waals surface area contributed by atoms with Gasteiger partial charge >= 0.3 is 0 Å². The van der Waals surface area contributed by atoms with Gasteiger partial charge in [0.25, 0.3) is 5.91 Å². The third-order valence-electron chi connectivity index (χ3n) is 4.84. The zero-order valence-corrected chi connectivity index (χ0v) is 14.8. The number of carbonyl (C=O) groups is 1. The minimum Gasteiger partial charge on any atom is -0.504 e. The highest BCUT2D eigenvalue weighted by atomic mass is 16.5. The lowest BCUT2D eigenvalue weighted by atomic mass is 9.95. The number of aryl methyl sites for hydroxylation is 1. The number of nitrogens with one attached hydrogen (secondary N) is 1. The maximum absolute atomic E-state index is 12.7.